The first-order valence-corrected chi connectivity index (χ1v) is 6.67. The first-order chi connectivity index (χ1) is 10.4. The van der Waals surface area contributed by atoms with Gasteiger partial charge in [-0.1, -0.05) is 18.2 Å². The van der Waals surface area contributed by atoms with Gasteiger partial charge < -0.3 is 14.9 Å². The van der Waals surface area contributed by atoms with Crippen LogP contribution in [0.2, 0.25) is 0 Å². The Morgan fingerprint density at radius 3 is 2.18 bits per heavy atom. The highest BCUT2D eigenvalue weighted by Crippen LogP contribution is 2.26. The summed E-state index contributed by atoms with van der Waals surface area (Å²) in [6.45, 7) is 1.84. The molecule has 0 spiro atoms. The highest BCUT2D eigenvalue weighted by atomic mass is 16.5. The van der Waals surface area contributed by atoms with Crippen LogP contribution < -0.4 is 0 Å². The molecule has 0 fully saturated rings. The number of phenols is 1. The van der Waals surface area contributed by atoms with Gasteiger partial charge in [-0.15, -0.1) is 0 Å². The molecule has 0 bridgehead atoms. The van der Waals surface area contributed by atoms with Crippen LogP contribution in [0.4, 0.5) is 0 Å². The number of ketones is 1. The van der Waals surface area contributed by atoms with Gasteiger partial charge in [0.1, 0.15) is 5.75 Å². The number of carboxylic acid groups (broad SMARTS) is 1. The molecule has 22 heavy (non-hydrogen) atoms. The van der Waals surface area contributed by atoms with E-state index in [-0.39, 0.29) is 28.8 Å². The molecular formula is C17H16O5. The molecule has 0 aromatic heterocycles. The molecule has 0 amide bonds. The summed E-state index contributed by atoms with van der Waals surface area (Å²) in [6.07, 6.45) is -0.207. The van der Waals surface area contributed by atoms with Crippen LogP contribution in [0.3, 0.4) is 0 Å². The Balaban J connectivity index is 2.38. The Kier molecular flexibility index (Phi) is 4.58. The van der Waals surface area contributed by atoms with Crippen LogP contribution in [0.5, 0.6) is 5.75 Å². The number of carbonyl (C=O) groups excluding carboxylic acids is 1. The molecule has 0 aliphatic heterocycles. The van der Waals surface area contributed by atoms with Crippen molar-refractivity contribution in [1.29, 1.82) is 0 Å². The van der Waals surface area contributed by atoms with E-state index >= 15 is 0 Å². The van der Waals surface area contributed by atoms with E-state index in [0.29, 0.717) is 5.56 Å². The summed E-state index contributed by atoms with van der Waals surface area (Å²) in [5, 5.41) is 18.8. The molecule has 2 N–H and O–H groups in total. The Hall–Kier alpha value is -2.66. The van der Waals surface area contributed by atoms with Crippen molar-refractivity contribution in [2.45, 2.75) is 13.0 Å². The van der Waals surface area contributed by atoms with Gasteiger partial charge >= 0.3 is 5.97 Å². The number of rotatable bonds is 5. The van der Waals surface area contributed by atoms with Crippen LogP contribution in [-0.4, -0.2) is 29.1 Å². The van der Waals surface area contributed by atoms with Crippen LogP contribution in [-0.2, 0) is 4.74 Å². The number of aromatic hydroxyl groups is 1. The number of carbonyl (C=O) groups is 2. The number of ether oxygens (including phenoxy) is 1. The first kappa shape index (κ1) is 15.7. The summed E-state index contributed by atoms with van der Waals surface area (Å²) >= 11 is 0. The monoisotopic (exact) mass is 300 g/mol. The van der Waals surface area contributed by atoms with Crippen LogP contribution in [0, 0.1) is 0 Å². The maximum absolute atomic E-state index is 12.5. The summed E-state index contributed by atoms with van der Waals surface area (Å²) in [6, 6.07) is 10.3. The lowest BCUT2D eigenvalue weighted by molar-refractivity contribution is 0.0696. The Bertz CT molecular complexity index is 703. The van der Waals surface area contributed by atoms with Crippen molar-refractivity contribution >= 4 is 11.8 Å². The number of carboxylic acids is 1. The molecule has 2 aromatic carbocycles. The molecule has 0 radical (unpaired) electrons. The number of hydrogen-bond donors (Lipinski definition) is 2. The van der Waals surface area contributed by atoms with Crippen molar-refractivity contribution in [3.63, 3.8) is 0 Å². The van der Waals surface area contributed by atoms with E-state index in [0.717, 1.165) is 5.56 Å². The molecule has 0 aliphatic carbocycles. The molecule has 2 aromatic rings. The average molecular weight is 300 g/mol. The number of hydrogen-bond acceptors (Lipinski definition) is 4. The van der Waals surface area contributed by atoms with Crippen molar-refractivity contribution in [2.75, 3.05) is 7.11 Å². The standard InChI is InChI=1S/C17H16O5/c1-10(22-2)13-7-8-15(18)14(9-13)16(19)11-3-5-12(6-4-11)17(20)21/h3-10,18H,1-2H3,(H,20,21). The Labute approximate surface area is 127 Å². The van der Waals surface area contributed by atoms with Crippen molar-refractivity contribution in [3.05, 3.63) is 64.7 Å². The number of benzene rings is 2. The molecule has 114 valence electrons. The lowest BCUT2D eigenvalue weighted by Crippen LogP contribution is -2.05. The second-order valence-electron chi connectivity index (χ2n) is 4.87. The zero-order valence-corrected chi connectivity index (χ0v) is 12.2. The van der Waals surface area contributed by atoms with E-state index in [9.17, 15) is 14.7 Å². The van der Waals surface area contributed by atoms with Crippen LogP contribution >= 0.6 is 0 Å². The second-order valence-corrected chi connectivity index (χ2v) is 4.87. The third-order valence-electron chi connectivity index (χ3n) is 3.48. The fraction of sp³-hybridized carbons (Fsp3) is 0.176. The van der Waals surface area contributed by atoms with Gasteiger partial charge in [-0.3, -0.25) is 4.79 Å². The largest absolute Gasteiger partial charge is 0.507 e. The van der Waals surface area contributed by atoms with Crippen molar-refractivity contribution in [3.8, 4) is 5.75 Å². The maximum Gasteiger partial charge on any atom is 0.335 e. The van der Waals surface area contributed by atoms with E-state index in [1.165, 1.54) is 30.3 Å². The molecule has 0 saturated heterocycles. The van der Waals surface area contributed by atoms with E-state index in [2.05, 4.69) is 0 Å². The molecule has 5 nitrogen and oxygen atoms in total. The number of methoxy groups -OCH3 is 1. The predicted octanol–water partition coefficient (Wildman–Crippen LogP) is 3.03. The van der Waals surface area contributed by atoms with Crippen molar-refractivity contribution in [2.24, 2.45) is 0 Å². The summed E-state index contributed by atoms with van der Waals surface area (Å²) in [5.41, 5.74) is 1.33. The molecule has 0 saturated carbocycles. The van der Waals surface area contributed by atoms with Gasteiger partial charge in [0.2, 0.25) is 0 Å². The quantitative estimate of drug-likeness (QED) is 0.829. The lowest BCUT2D eigenvalue weighted by Gasteiger charge is -2.12. The molecule has 0 heterocycles. The smallest absolute Gasteiger partial charge is 0.335 e. The zero-order chi connectivity index (χ0) is 16.3. The number of aromatic carboxylic acids is 1. The van der Waals surface area contributed by atoms with Gasteiger partial charge in [0.25, 0.3) is 0 Å². The summed E-state index contributed by atoms with van der Waals surface area (Å²) in [7, 11) is 1.56. The first-order valence-electron chi connectivity index (χ1n) is 6.67. The van der Waals surface area contributed by atoms with Crippen LogP contribution in [0.25, 0.3) is 0 Å². The topological polar surface area (TPSA) is 83.8 Å². The van der Waals surface area contributed by atoms with Crippen LogP contribution in [0.1, 0.15) is 44.9 Å². The SMILES string of the molecule is COC(C)c1ccc(O)c(C(=O)c2ccc(C(=O)O)cc2)c1. The van der Waals surface area contributed by atoms with E-state index < -0.39 is 5.97 Å². The molecule has 1 atom stereocenters. The highest BCUT2D eigenvalue weighted by molar-refractivity contribution is 6.11. The van der Waals surface area contributed by atoms with E-state index in [4.69, 9.17) is 9.84 Å². The minimum Gasteiger partial charge on any atom is -0.507 e. The van der Waals surface area contributed by atoms with Gasteiger partial charge in [0.05, 0.1) is 17.2 Å². The van der Waals surface area contributed by atoms with Crippen molar-refractivity contribution in [1.82, 2.24) is 0 Å². The molecule has 0 aliphatic rings. The normalized spacial score (nSPS) is 11.9. The summed E-state index contributed by atoms with van der Waals surface area (Å²) in [5.74, 6) is -1.56. The minimum atomic E-state index is -1.06. The number of phenolic OH excluding ortho intramolecular Hbond substituents is 1. The average Bonchev–Trinajstić information content (AvgIpc) is 2.54. The fourth-order valence-electron chi connectivity index (χ4n) is 2.04. The summed E-state index contributed by atoms with van der Waals surface area (Å²) in [4.78, 5) is 23.3. The molecule has 1 unspecified atom stereocenters. The van der Waals surface area contributed by atoms with Gasteiger partial charge in [-0.05, 0) is 36.8 Å². The van der Waals surface area contributed by atoms with Gasteiger partial charge in [0, 0.05) is 12.7 Å². The highest BCUT2D eigenvalue weighted by Gasteiger charge is 2.16. The third kappa shape index (κ3) is 3.15. The molecule has 5 heteroatoms. The van der Waals surface area contributed by atoms with Gasteiger partial charge in [0.15, 0.2) is 5.78 Å². The molecule has 2 rings (SSSR count). The minimum absolute atomic E-state index is 0.0996. The second kappa shape index (κ2) is 6.41. The Morgan fingerprint density at radius 2 is 1.64 bits per heavy atom. The fourth-order valence-corrected chi connectivity index (χ4v) is 2.04. The molecular weight excluding hydrogens is 284 g/mol. The van der Waals surface area contributed by atoms with Gasteiger partial charge in [-0.2, -0.15) is 0 Å². The predicted molar refractivity (Wildman–Crippen MR) is 80.4 cm³/mol. The lowest BCUT2D eigenvalue weighted by atomic mass is 9.98. The van der Waals surface area contributed by atoms with Gasteiger partial charge in [-0.25, -0.2) is 4.79 Å². The van der Waals surface area contributed by atoms with E-state index in [1.54, 1.807) is 19.2 Å². The Morgan fingerprint density at radius 1 is 1.05 bits per heavy atom. The van der Waals surface area contributed by atoms with Crippen molar-refractivity contribution < 1.29 is 24.5 Å². The summed E-state index contributed by atoms with van der Waals surface area (Å²) < 4.78 is 5.20. The van der Waals surface area contributed by atoms with E-state index in [1.807, 2.05) is 6.92 Å². The third-order valence-corrected chi connectivity index (χ3v) is 3.48. The zero-order valence-electron chi connectivity index (χ0n) is 12.2. The van der Waals surface area contributed by atoms with Crippen LogP contribution in [0.15, 0.2) is 42.5 Å². The maximum atomic E-state index is 12.5.